The van der Waals surface area contributed by atoms with Crippen LogP contribution in [0.5, 0.6) is 11.5 Å². The van der Waals surface area contributed by atoms with E-state index in [2.05, 4.69) is 29.2 Å². The Balaban J connectivity index is 2.08. The lowest BCUT2D eigenvalue weighted by Gasteiger charge is -2.41. The van der Waals surface area contributed by atoms with E-state index in [0.29, 0.717) is 5.75 Å². The maximum Gasteiger partial charge on any atom is 0.255 e. The number of carbonyl (C=O) groups excluding carboxylic acids is 1. The van der Waals surface area contributed by atoms with Gasteiger partial charge in [0.1, 0.15) is 0 Å². The van der Waals surface area contributed by atoms with Gasteiger partial charge in [0.05, 0.1) is 12.7 Å². The Hall–Kier alpha value is -1.79. The number of piperazine rings is 1. The minimum atomic E-state index is -0.287. The standard InChI is InChI=1S/C16H25N3O3/c1-11(13-10-18(2)8-9-19(13)3)17-16(21)12-6-5-7-14(22-4)15(12)20/h5-7,11,13,20H,8-10H2,1-4H3,(H,17,21). The smallest absolute Gasteiger partial charge is 0.255 e. The van der Waals surface area contributed by atoms with Gasteiger partial charge in [-0.3, -0.25) is 9.69 Å². The molecule has 2 atom stereocenters. The van der Waals surface area contributed by atoms with E-state index in [4.69, 9.17) is 4.74 Å². The zero-order valence-electron chi connectivity index (χ0n) is 13.7. The number of nitrogens with zero attached hydrogens (tertiary/aromatic N) is 2. The molecule has 22 heavy (non-hydrogen) atoms. The Bertz CT molecular complexity index is 535. The van der Waals surface area contributed by atoms with Crippen LogP contribution in [0.15, 0.2) is 18.2 Å². The van der Waals surface area contributed by atoms with Crippen LogP contribution in [0.3, 0.4) is 0 Å². The second kappa shape index (κ2) is 6.98. The largest absolute Gasteiger partial charge is 0.504 e. The molecule has 0 radical (unpaired) electrons. The number of amides is 1. The quantitative estimate of drug-likeness (QED) is 0.860. The van der Waals surface area contributed by atoms with E-state index in [1.165, 1.54) is 7.11 Å². The highest BCUT2D eigenvalue weighted by Crippen LogP contribution is 2.29. The summed E-state index contributed by atoms with van der Waals surface area (Å²) in [6.07, 6.45) is 0. The third kappa shape index (κ3) is 3.51. The third-order valence-corrected chi connectivity index (χ3v) is 4.30. The molecule has 0 aromatic heterocycles. The molecule has 0 bridgehead atoms. The number of hydrogen-bond donors (Lipinski definition) is 2. The van der Waals surface area contributed by atoms with Crippen LogP contribution in [0.4, 0.5) is 0 Å². The summed E-state index contributed by atoms with van der Waals surface area (Å²) in [5.41, 5.74) is 0.234. The molecule has 1 aromatic rings. The van der Waals surface area contributed by atoms with Crippen LogP contribution < -0.4 is 10.1 Å². The van der Waals surface area contributed by atoms with Crippen molar-refractivity contribution in [3.8, 4) is 11.5 Å². The Morgan fingerprint density at radius 1 is 1.41 bits per heavy atom. The molecule has 6 nitrogen and oxygen atoms in total. The third-order valence-electron chi connectivity index (χ3n) is 4.30. The number of ether oxygens (including phenoxy) is 1. The molecule has 1 aromatic carbocycles. The van der Waals surface area contributed by atoms with Crippen LogP contribution in [0.25, 0.3) is 0 Å². The van der Waals surface area contributed by atoms with Gasteiger partial charge in [-0.05, 0) is 33.2 Å². The molecular weight excluding hydrogens is 282 g/mol. The number of methoxy groups -OCH3 is 1. The number of phenols is 1. The molecule has 1 fully saturated rings. The number of aromatic hydroxyl groups is 1. The second-order valence-electron chi connectivity index (χ2n) is 5.93. The summed E-state index contributed by atoms with van der Waals surface area (Å²) >= 11 is 0. The fourth-order valence-electron chi connectivity index (χ4n) is 2.84. The van der Waals surface area contributed by atoms with Crippen LogP contribution in [-0.2, 0) is 0 Å². The highest BCUT2D eigenvalue weighted by atomic mass is 16.5. The summed E-state index contributed by atoms with van der Waals surface area (Å²) in [6.45, 7) is 4.91. The van der Waals surface area contributed by atoms with Crippen molar-refractivity contribution in [2.75, 3.05) is 40.8 Å². The molecule has 122 valence electrons. The monoisotopic (exact) mass is 307 g/mol. The Labute approximate surface area is 131 Å². The fourth-order valence-corrected chi connectivity index (χ4v) is 2.84. The summed E-state index contributed by atoms with van der Waals surface area (Å²) in [7, 11) is 5.62. The second-order valence-corrected chi connectivity index (χ2v) is 5.93. The Morgan fingerprint density at radius 3 is 2.82 bits per heavy atom. The Morgan fingerprint density at radius 2 is 2.14 bits per heavy atom. The lowest BCUT2D eigenvalue weighted by atomic mass is 10.0. The van der Waals surface area contributed by atoms with Gasteiger partial charge in [0, 0.05) is 31.7 Å². The highest BCUT2D eigenvalue weighted by molar-refractivity contribution is 5.97. The van der Waals surface area contributed by atoms with E-state index in [9.17, 15) is 9.90 Å². The van der Waals surface area contributed by atoms with E-state index >= 15 is 0 Å². The van der Waals surface area contributed by atoms with Gasteiger partial charge in [-0.2, -0.15) is 0 Å². The summed E-state index contributed by atoms with van der Waals surface area (Å²) in [4.78, 5) is 16.9. The van der Waals surface area contributed by atoms with Gasteiger partial charge in [0.2, 0.25) is 0 Å². The van der Waals surface area contributed by atoms with Gasteiger partial charge in [-0.25, -0.2) is 0 Å². The van der Waals surface area contributed by atoms with E-state index in [-0.39, 0.29) is 29.3 Å². The van der Waals surface area contributed by atoms with Crippen molar-refractivity contribution in [1.29, 1.82) is 0 Å². The maximum absolute atomic E-state index is 12.4. The average Bonchev–Trinajstić information content (AvgIpc) is 2.49. The molecule has 6 heteroatoms. The average molecular weight is 307 g/mol. The van der Waals surface area contributed by atoms with Crippen molar-refractivity contribution >= 4 is 5.91 Å². The molecule has 1 saturated heterocycles. The first-order valence-electron chi connectivity index (χ1n) is 7.49. The molecule has 0 aliphatic carbocycles. The van der Waals surface area contributed by atoms with Gasteiger partial charge in [0.15, 0.2) is 11.5 Å². The summed E-state index contributed by atoms with van der Waals surface area (Å²) in [6, 6.07) is 5.13. The van der Waals surface area contributed by atoms with Gasteiger partial charge in [-0.1, -0.05) is 6.07 Å². The minimum Gasteiger partial charge on any atom is -0.504 e. The minimum absolute atomic E-state index is 0.0224. The van der Waals surface area contributed by atoms with E-state index in [1.807, 2.05) is 6.92 Å². The molecule has 0 spiro atoms. The summed E-state index contributed by atoms with van der Waals surface area (Å²) in [5.74, 6) is -0.107. The Kier molecular flexibility index (Phi) is 5.26. The van der Waals surface area contributed by atoms with Crippen molar-refractivity contribution in [2.24, 2.45) is 0 Å². The number of phenolic OH excluding ortho intramolecular Hbond substituents is 1. The van der Waals surface area contributed by atoms with Crippen molar-refractivity contribution in [2.45, 2.75) is 19.0 Å². The van der Waals surface area contributed by atoms with Crippen molar-refractivity contribution < 1.29 is 14.6 Å². The molecule has 1 aliphatic rings. The predicted octanol–water partition coefficient (Wildman–Crippen LogP) is 0.765. The fraction of sp³-hybridized carbons (Fsp3) is 0.562. The van der Waals surface area contributed by atoms with Crippen LogP contribution in [0.2, 0.25) is 0 Å². The molecule has 1 aliphatic heterocycles. The SMILES string of the molecule is COc1cccc(C(=O)NC(C)C2CN(C)CCN2C)c1O. The summed E-state index contributed by atoms with van der Waals surface area (Å²) < 4.78 is 5.04. The van der Waals surface area contributed by atoms with Crippen LogP contribution in [0.1, 0.15) is 17.3 Å². The van der Waals surface area contributed by atoms with Crippen LogP contribution in [-0.4, -0.2) is 73.7 Å². The van der Waals surface area contributed by atoms with Gasteiger partial charge in [0.25, 0.3) is 5.91 Å². The molecule has 2 rings (SSSR count). The number of para-hydroxylation sites is 1. The predicted molar refractivity (Wildman–Crippen MR) is 85.5 cm³/mol. The topological polar surface area (TPSA) is 65.0 Å². The normalized spacial score (nSPS) is 21.4. The molecule has 0 saturated carbocycles. The van der Waals surface area contributed by atoms with Crippen molar-refractivity contribution in [1.82, 2.24) is 15.1 Å². The van der Waals surface area contributed by atoms with Crippen LogP contribution >= 0.6 is 0 Å². The molecule has 1 heterocycles. The van der Waals surface area contributed by atoms with E-state index in [1.54, 1.807) is 18.2 Å². The van der Waals surface area contributed by atoms with Crippen molar-refractivity contribution in [3.63, 3.8) is 0 Å². The van der Waals surface area contributed by atoms with Gasteiger partial charge >= 0.3 is 0 Å². The number of nitrogens with one attached hydrogen (secondary N) is 1. The lowest BCUT2D eigenvalue weighted by Crippen LogP contribution is -2.58. The number of benzene rings is 1. The first-order valence-corrected chi connectivity index (χ1v) is 7.49. The first-order chi connectivity index (χ1) is 10.4. The number of rotatable bonds is 4. The first kappa shape index (κ1) is 16.6. The number of carbonyl (C=O) groups is 1. The molecule has 2 unspecified atom stereocenters. The van der Waals surface area contributed by atoms with Crippen LogP contribution in [0, 0.1) is 0 Å². The maximum atomic E-state index is 12.4. The lowest BCUT2D eigenvalue weighted by molar-refractivity contribution is 0.0770. The van der Waals surface area contributed by atoms with E-state index < -0.39 is 0 Å². The zero-order valence-corrected chi connectivity index (χ0v) is 13.7. The zero-order chi connectivity index (χ0) is 16.3. The van der Waals surface area contributed by atoms with E-state index in [0.717, 1.165) is 19.6 Å². The van der Waals surface area contributed by atoms with Gasteiger partial charge in [-0.15, -0.1) is 0 Å². The van der Waals surface area contributed by atoms with Gasteiger partial charge < -0.3 is 20.1 Å². The van der Waals surface area contributed by atoms with Crippen molar-refractivity contribution in [3.05, 3.63) is 23.8 Å². The number of hydrogen-bond acceptors (Lipinski definition) is 5. The number of likely N-dealkylation sites (N-methyl/N-ethyl adjacent to an activating group) is 2. The molecule has 2 N–H and O–H groups in total. The molecular formula is C16H25N3O3. The highest BCUT2D eigenvalue weighted by Gasteiger charge is 2.28. The molecule has 1 amide bonds. The summed E-state index contributed by atoms with van der Waals surface area (Å²) in [5, 5.41) is 13.1.